The lowest BCUT2D eigenvalue weighted by molar-refractivity contribution is -0.137. The van der Waals surface area contributed by atoms with Crippen molar-refractivity contribution in [2.24, 2.45) is 5.92 Å². The van der Waals surface area contributed by atoms with Gasteiger partial charge in [-0.05, 0) is 49.1 Å². The molecule has 1 atom stereocenters. The number of aryl methyl sites for hydroxylation is 1. The van der Waals surface area contributed by atoms with Crippen molar-refractivity contribution in [1.29, 1.82) is 0 Å². The molecule has 0 bridgehead atoms. The molecule has 28 heavy (non-hydrogen) atoms. The molecule has 1 unspecified atom stereocenters. The van der Waals surface area contributed by atoms with Gasteiger partial charge in [0, 0.05) is 36.4 Å². The van der Waals surface area contributed by atoms with E-state index in [-0.39, 0.29) is 11.1 Å². The van der Waals surface area contributed by atoms with Crippen molar-refractivity contribution in [2.75, 3.05) is 18.0 Å². The Morgan fingerprint density at radius 2 is 1.89 bits per heavy atom. The first kappa shape index (κ1) is 18.6. The first-order valence-electron chi connectivity index (χ1n) is 9.33. The van der Waals surface area contributed by atoms with Crippen molar-refractivity contribution in [3.05, 3.63) is 70.0 Å². The van der Waals surface area contributed by atoms with Crippen molar-refractivity contribution in [2.45, 2.75) is 26.4 Å². The van der Waals surface area contributed by atoms with E-state index in [4.69, 9.17) is 0 Å². The van der Waals surface area contributed by atoms with E-state index in [0.717, 1.165) is 25.1 Å². The molecule has 0 spiro atoms. The van der Waals surface area contributed by atoms with Gasteiger partial charge in [0.15, 0.2) is 5.43 Å². The normalized spacial score (nSPS) is 17.5. The van der Waals surface area contributed by atoms with Crippen LogP contribution in [0.2, 0.25) is 0 Å². The maximum atomic E-state index is 13.9. The highest BCUT2D eigenvalue weighted by molar-refractivity contribution is 5.84. The molecule has 0 N–H and O–H groups in total. The van der Waals surface area contributed by atoms with E-state index in [2.05, 4.69) is 6.92 Å². The second-order valence-corrected chi connectivity index (χ2v) is 7.56. The monoisotopic (exact) mass is 386 g/mol. The molecule has 0 radical (unpaired) electrons. The second-order valence-electron chi connectivity index (χ2n) is 7.56. The zero-order chi connectivity index (χ0) is 20.1. The van der Waals surface area contributed by atoms with Gasteiger partial charge in [0.05, 0.1) is 16.8 Å². The van der Waals surface area contributed by atoms with E-state index in [1.807, 2.05) is 4.90 Å². The highest BCUT2D eigenvalue weighted by atomic mass is 19.4. The summed E-state index contributed by atoms with van der Waals surface area (Å²) in [6.07, 6.45) is -2.10. The van der Waals surface area contributed by atoms with E-state index in [1.165, 1.54) is 29.0 Å². The number of benzene rings is 2. The predicted molar refractivity (Wildman–Crippen MR) is 105 cm³/mol. The average Bonchev–Trinajstić information content (AvgIpc) is 3.07. The third-order valence-corrected chi connectivity index (χ3v) is 5.47. The molecule has 1 fully saturated rings. The van der Waals surface area contributed by atoms with Gasteiger partial charge in [-0.15, -0.1) is 0 Å². The lowest BCUT2D eigenvalue weighted by Gasteiger charge is -2.23. The third-order valence-electron chi connectivity index (χ3n) is 5.47. The maximum absolute atomic E-state index is 13.9. The van der Waals surface area contributed by atoms with Crippen LogP contribution in [0.1, 0.15) is 24.5 Å². The minimum Gasteiger partial charge on any atom is -0.371 e. The molecule has 2 aromatic carbocycles. The molecule has 2 heterocycles. The topological polar surface area (TPSA) is 25.2 Å². The Kier molecular flexibility index (Phi) is 4.44. The summed E-state index contributed by atoms with van der Waals surface area (Å²) in [6.45, 7) is 5.42. The zero-order valence-corrected chi connectivity index (χ0v) is 15.8. The van der Waals surface area contributed by atoms with Crippen LogP contribution in [0.5, 0.6) is 0 Å². The summed E-state index contributed by atoms with van der Waals surface area (Å²) in [4.78, 5) is 14.3. The fourth-order valence-corrected chi connectivity index (χ4v) is 4.02. The molecule has 4 rings (SSSR count). The van der Waals surface area contributed by atoms with Crippen LogP contribution in [0.15, 0.2) is 53.5 Å². The molecule has 0 saturated carbocycles. The Hall–Kier alpha value is -2.76. The smallest absolute Gasteiger partial charge is 0.371 e. The number of pyridine rings is 1. The van der Waals surface area contributed by atoms with Gasteiger partial charge >= 0.3 is 6.18 Å². The Balaban J connectivity index is 1.93. The highest BCUT2D eigenvalue weighted by Crippen LogP contribution is 2.38. The molecular weight excluding hydrogens is 365 g/mol. The van der Waals surface area contributed by atoms with Crippen molar-refractivity contribution >= 4 is 16.6 Å². The van der Waals surface area contributed by atoms with Crippen LogP contribution in [0.25, 0.3) is 16.6 Å². The summed E-state index contributed by atoms with van der Waals surface area (Å²) in [5.74, 6) is 0.472. The van der Waals surface area contributed by atoms with Gasteiger partial charge in [-0.2, -0.15) is 13.2 Å². The molecule has 3 aromatic rings. The third kappa shape index (κ3) is 3.17. The van der Waals surface area contributed by atoms with Gasteiger partial charge in [0.2, 0.25) is 0 Å². The number of nitrogens with zero attached hydrogens (tertiary/aromatic N) is 2. The van der Waals surface area contributed by atoms with Crippen LogP contribution in [0, 0.1) is 12.8 Å². The Labute approximate surface area is 161 Å². The summed E-state index contributed by atoms with van der Waals surface area (Å²) in [7, 11) is 0. The standard InChI is InChI=1S/C22H21F3N2O/c1-14-8-10-26(13-14)16-6-7-18(17(12-16)22(23,24)25)27-11-9-20(28)21-15(2)4-3-5-19(21)27/h3-7,9,11-12,14H,8,10,13H2,1-2H3. The van der Waals surface area contributed by atoms with Crippen LogP contribution in [0.4, 0.5) is 18.9 Å². The van der Waals surface area contributed by atoms with Crippen LogP contribution in [-0.4, -0.2) is 17.7 Å². The van der Waals surface area contributed by atoms with Gasteiger partial charge in [-0.25, -0.2) is 0 Å². The summed E-state index contributed by atoms with van der Waals surface area (Å²) in [6, 6.07) is 11.0. The lowest BCUT2D eigenvalue weighted by Crippen LogP contribution is -2.21. The first-order chi connectivity index (χ1) is 13.3. The highest BCUT2D eigenvalue weighted by Gasteiger charge is 2.35. The number of rotatable bonds is 2. The summed E-state index contributed by atoms with van der Waals surface area (Å²) in [5.41, 5.74) is 0.936. The number of alkyl halides is 3. The van der Waals surface area contributed by atoms with Gasteiger partial charge in [-0.1, -0.05) is 19.1 Å². The molecule has 1 aliphatic heterocycles. The van der Waals surface area contributed by atoms with Gasteiger partial charge in [0.1, 0.15) is 0 Å². The van der Waals surface area contributed by atoms with Crippen LogP contribution >= 0.6 is 0 Å². The largest absolute Gasteiger partial charge is 0.418 e. The quantitative estimate of drug-likeness (QED) is 0.608. The van der Waals surface area contributed by atoms with E-state index >= 15 is 0 Å². The van der Waals surface area contributed by atoms with Gasteiger partial charge < -0.3 is 9.47 Å². The number of hydrogen-bond donors (Lipinski definition) is 0. The van der Waals surface area contributed by atoms with Crippen molar-refractivity contribution in [1.82, 2.24) is 4.57 Å². The van der Waals surface area contributed by atoms with E-state index in [0.29, 0.717) is 22.5 Å². The minimum absolute atomic E-state index is 0.0269. The number of fused-ring (bicyclic) bond motifs is 1. The molecule has 6 heteroatoms. The second kappa shape index (κ2) is 6.69. The lowest BCUT2D eigenvalue weighted by atomic mass is 10.1. The summed E-state index contributed by atoms with van der Waals surface area (Å²) >= 11 is 0. The zero-order valence-electron chi connectivity index (χ0n) is 15.8. The Morgan fingerprint density at radius 3 is 2.57 bits per heavy atom. The number of halogens is 3. The fraction of sp³-hybridized carbons (Fsp3) is 0.318. The molecule has 3 nitrogen and oxygen atoms in total. The predicted octanol–water partition coefficient (Wildman–Crippen LogP) is 5.16. The Bertz CT molecular complexity index is 1100. The number of hydrogen-bond acceptors (Lipinski definition) is 2. The van der Waals surface area contributed by atoms with Crippen molar-refractivity contribution < 1.29 is 13.2 Å². The molecular formula is C22H21F3N2O. The van der Waals surface area contributed by atoms with E-state index in [1.54, 1.807) is 31.2 Å². The maximum Gasteiger partial charge on any atom is 0.418 e. The van der Waals surface area contributed by atoms with Gasteiger partial charge in [-0.3, -0.25) is 4.79 Å². The van der Waals surface area contributed by atoms with Crippen molar-refractivity contribution in [3.8, 4) is 5.69 Å². The molecule has 146 valence electrons. The molecule has 0 aliphatic carbocycles. The Morgan fingerprint density at radius 1 is 1.11 bits per heavy atom. The minimum atomic E-state index is -4.50. The van der Waals surface area contributed by atoms with Crippen LogP contribution in [-0.2, 0) is 6.18 Å². The van der Waals surface area contributed by atoms with Crippen LogP contribution in [0.3, 0.4) is 0 Å². The molecule has 1 aliphatic rings. The fourth-order valence-electron chi connectivity index (χ4n) is 4.02. The number of anilines is 1. The van der Waals surface area contributed by atoms with Crippen LogP contribution < -0.4 is 10.3 Å². The first-order valence-corrected chi connectivity index (χ1v) is 9.33. The molecule has 1 saturated heterocycles. The number of aromatic nitrogens is 1. The average molecular weight is 386 g/mol. The van der Waals surface area contributed by atoms with E-state index in [9.17, 15) is 18.0 Å². The van der Waals surface area contributed by atoms with E-state index < -0.39 is 11.7 Å². The van der Waals surface area contributed by atoms with Gasteiger partial charge in [0.25, 0.3) is 0 Å². The summed E-state index contributed by atoms with van der Waals surface area (Å²) < 4.78 is 43.3. The van der Waals surface area contributed by atoms with Crippen molar-refractivity contribution in [3.63, 3.8) is 0 Å². The SMILES string of the molecule is Cc1cccc2c1c(=O)ccn2-c1ccc(N2CCC(C)C2)cc1C(F)(F)F. The summed E-state index contributed by atoms with van der Waals surface area (Å²) in [5, 5.41) is 0.440. The molecule has 0 amide bonds. The molecule has 1 aromatic heterocycles.